The van der Waals surface area contributed by atoms with E-state index in [2.05, 4.69) is 64.3 Å². The monoisotopic (exact) mass is 354 g/mol. The van der Waals surface area contributed by atoms with Gasteiger partial charge in [-0.05, 0) is 44.5 Å². The predicted molar refractivity (Wildman–Crippen MR) is 91.6 cm³/mol. The molecule has 1 fully saturated rings. The van der Waals surface area contributed by atoms with Gasteiger partial charge in [0.05, 0.1) is 12.7 Å². The summed E-state index contributed by atoms with van der Waals surface area (Å²) in [6, 6.07) is 9.61. The average Bonchev–Trinajstić information content (AvgIpc) is 2.50. The van der Waals surface area contributed by atoms with Crippen molar-refractivity contribution in [2.24, 2.45) is 0 Å². The van der Waals surface area contributed by atoms with Gasteiger partial charge in [0.15, 0.2) is 0 Å². The number of benzene rings is 1. The van der Waals surface area contributed by atoms with Crippen molar-refractivity contribution in [3.63, 3.8) is 0 Å². The molecule has 0 aliphatic carbocycles. The van der Waals surface area contributed by atoms with Crippen LogP contribution in [-0.2, 0) is 4.74 Å². The fourth-order valence-electron chi connectivity index (χ4n) is 3.03. The third-order valence-corrected chi connectivity index (χ3v) is 4.91. The highest BCUT2D eigenvalue weighted by atomic mass is 79.9. The van der Waals surface area contributed by atoms with Crippen molar-refractivity contribution < 1.29 is 4.74 Å². The molecule has 3 atom stereocenters. The Morgan fingerprint density at radius 1 is 1.38 bits per heavy atom. The van der Waals surface area contributed by atoms with E-state index < -0.39 is 0 Å². The number of hydrogen-bond donors (Lipinski definition) is 1. The third-order valence-electron chi connectivity index (χ3n) is 4.38. The minimum Gasteiger partial charge on any atom is -0.376 e. The predicted octanol–water partition coefficient (Wildman–Crippen LogP) is 3.60. The van der Waals surface area contributed by atoms with E-state index >= 15 is 0 Å². The highest BCUT2D eigenvalue weighted by Gasteiger charge is 2.25. The minimum absolute atomic E-state index is 0.355. The molecular formula is C17H27BrN2O. The zero-order valence-corrected chi connectivity index (χ0v) is 14.9. The summed E-state index contributed by atoms with van der Waals surface area (Å²) in [4.78, 5) is 2.59. The van der Waals surface area contributed by atoms with Crippen LogP contribution in [0.25, 0.3) is 0 Å². The minimum atomic E-state index is 0.355. The molecule has 0 bridgehead atoms. The molecule has 0 radical (unpaired) electrons. The summed E-state index contributed by atoms with van der Waals surface area (Å²) in [5, 5.41) is 3.45. The van der Waals surface area contributed by atoms with Crippen LogP contribution in [0.2, 0.25) is 0 Å². The van der Waals surface area contributed by atoms with E-state index in [4.69, 9.17) is 4.74 Å². The molecule has 1 aliphatic rings. The van der Waals surface area contributed by atoms with Gasteiger partial charge in [-0.2, -0.15) is 0 Å². The number of nitrogens with one attached hydrogen (secondary N) is 1. The van der Waals surface area contributed by atoms with Crippen LogP contribution < -0.4 is 5.32 Å². The highest BCUT2D eigenvalue weighted by Crippen LogP contribution is 2.22. The van der Waals surface area contributed by atoms with Crippen LogP contribution in [0.1, 0.15) is 38.3 Å². The molecule has 1 N–H and O–H groups in total. The largest absolute Gasteiger partial charge is 0.376 e. The van der Waals surface area contributed by atoms with Crippen molar-refractivity contribution in [2.75, 3.05) is 26.7 Å². The third kappa shape index (κ3) is 4.78. The summed E-state index contributed by atoms with van der Waals surface area (Å²) in [7, 11) is 2.05. The van der Waals surface area contributed by atoms with Gasteiger partial charge >= 0.3 is 0 Å². The molecule has 3 nitrogen and oxygen atoms in total. The van der Waals surface area contributed by atoms with Gasteiger partial charge in [-0.15, -0.1) is 0 Å². The Hall–Kier alpha value is -0.420. The summed E-state index contributed by atoms with van der Waals surface area (Å²) in [6.07, 6.45) is 2.64. The number of morpholine rings is 1. The van der Waals surface area contributed by atoms with Crippen LogP contribution >= 0.6 is 15.9 Å². The smallest absolute Gasteiger partial charge is 0.0674 e. The molecule has 1 heterocycles. The lowest BCUT2D eigenvalue weighted by Crippen LogP contribution is -2.49. The van der Waals surface area contributed by atoms with Gasteiger partial charge < -0.3 is 10.1 Å². The lowest BCUT2D eigenvalue weighted by molar-refractivity contribution is -0.0566. The van der Waals surface area contributed by atoms with E-state index in [1.54, 1.807) is 0 Å². The van der Waals surface area contributed by atoms with E-state index in [9.17, 15) is 0 Å². The van der Waals surface area contributed by atoms with Crippen LogP contribution in [0.4, 0.5) is 0 Å². The molecule has 3 unspecified atom stereocenters. The van der Waals surface area contributed by atoms with Crippen LogP contribution in [0.3, 0.4) is 0 Å². The van der Waals surface area contributed by atoms with E-state index in [1.807, 2.05) is 7.05 Å². The van der Waals surface area contributed by atoms with E-state index in [-0.39, 0.29) is 0 Å². The SMILES string of the molecule is CCC1COC(C)CN1CCC(NC)c1ccc(Br)cc1. The molecule has 0 spiro atoms. The fraction of sp³-hybridized carbons (Fsp3) is 0.647. The number of halogens is 1. The second-order valence-corrected chi connectivity index (χ2v) is 6.80. The molecule has 4 heteroatoms. The lowest BCUT2D eigenvalue weighted by Gasteiger charge is -2.39. The molecule has 118 valence electrons. The molecule has 0 amide bonds. The summed E-state index contributed by atoms with van der Waals surface area (Å²) in [6.45, 7) is 7.47. The Kier molecular flexibility index (Phi) is 6.68. The summed E-state index contributed by atoms with van der Waals surface area (Å²) in [5.74, 6) is 0. The van der Waals surface area contributed by atoms with Gasteiger partial charge in [0.25, 0.3) is 0 Å². The van der Waals surface area contributed by atoms with Crippen molar-refractivity contribution in [1.29, 1.82) is 0 Å². The number of hydrogen-bond acceptors (Lipinski definition) is 3. The van der Waals surface area contributed by atoms with Gasteiger partial charge in [0.2, 0.25) is 0 Å². The Bertz CT molecular complexity index is 423. The van der Waals surface area contributed by atoms with E-state index in [1.165, 1.54) is 5.56 Å². The first-order valence-corrected chi connectivity index (χ1v) is 8.71. The standard InChI is InChI=1S/C17H27BrN2O/c1-4-16-12-21-13(2)11-20(16)10-9-17(19-3)14-5-7-15(18)8-6-14/h5-8,13,16-17,19H,4,9-12H2,1-3H3. The van der Waals surface area contributed by atoms with Crippen molar-refractivity contribution in [3.05, 3.63) is 34.3 Å². The summed E-state index contributed by atoms with van der Waals surface area (Å²) >= 11 is 3.50. The van der Waals surface area contributed by atoms with Gasteiger partial charge in [0.1, 0.15) is 0 Å². The van der Waals surface area contributed by atoms with Crippen LogP contribution in [0.5, 0.6) is 0 Å². The quantitative estimate of drug-likeness (QED) is 0.844. The van der Waals surface area contributed by atoms with Crippen LogP contribution in [0, 0.1) is 0 Å². The fourth-order valence-corrected chi connectivity index (χ4v) is 3.29. The van der Waals surface area contributed by atoms with Crippen LogP contribution in [0.15, 0.2) is 28.7 Å². The molecular weight excluding hydrogens is 328 g/mol. The van der Waals surface area contributed by atoms with E-state index in [0.717, 1.165) is 37.0 Å². The first-order chi connectivity index (χ1) is 10.1. The Morgan fingerprint density at radius 2 is 2.10 bits per heavy atom. The number of rotatable bonds is 6. The molecule has 21 heavy (non-hydrogen) atoms. The molecule has 2 rings (SSSR count). The highest BCUT2D eigenvalue weighted by molar-refractivity contribution is 9.10. The van der Waals surface area contributed by atoms with E-state index in [0.29, 0.717) is 18.2 Å². The van der Waals surface area contributed by atoms with Gasteiger partial charge in [-0.1, -0.05) is 35.0 Å². The second-order valence-electron chi connectivity index (χ2n) is 5.88. The zero-order chi connectivity index (χ0) is 15.2. The van der Waals surface area contributed by atoms with Gasteiger partial charge in [0, 0.05) is 29.6 Å². The Balaban J connectivity index is 1.93. The van der Waals surface area contributed by atoms with Crippen molar-refractivity contribution in [2.45, 2.75) is 44.9 Å². The maximum absolute atomic E-state index is 5.78. The van der Waals surface area contributed by atoms with Crippen molar-refractivity contribution in [1.82, 2.24) is 10.2 Å². The molecule has 0 aromatic heterocycles. The maximum atomic E-state index is 5.78. The summed E-state index contributed by atoms with van der Waals surface area (Å²) in [5.41, 5.74) is 1.36. The number of nitrogens with zero attached hydrogens (tertiary/aromatic N) is 1. The number of ether oxygens (including phenoxy) is 1. The molecule has 1 aromatic rings. The Morgan fingerprint density at radius 3 is 2.71 bits per heavy atom. The second kappa shape index (κ2) is 8.28. The Labute approximate surface area is 137 Å². The molecule has 0 saturated carbocycles. The van der Waals surface area contributed by atoms with Gasteiger partial charge in [-0.25, -0.2) is 0 Å². The van der Waals surface area contributed by atoms with Crippen molar-refractivity contribution in [3.8, 4) is 0 Å². The van der Waals surface area contributed by atoms with Crippen molar-refractivity contribution >= 4 is 15.9 Å². The molecule has 1 aromatic carbocycles. The first kappa shape index (κ1) is 16.9. The maximum Gasteiger partial charge on any atom is 0.0674 e. The first-order valence-electron chi connectivity index (χ1n) is 7.92. The van der Waals surface area contributed by atoms with Crippen LogP contribution in [-0.4, -0.2) is 43.8 Å². The average molecular weight is 355 g/mol. The summed E-state index contributed by atoms with van der Waals surface area (Å²) < 4.78 is 6.91. The molecule has 1 saturated heterocycles. The lowest BCUT2D eigenvalue weighted by atomic mass is 10.0. The normalized spacial score (nSPS) is 25.0. The molecule has 1 aliphatic heterocycles. The topological polar surface area (TPSA) is 24.5 Å². The van der Waals surface area contributed by atoms with Gasteiger partial charge in [-0.3, -0.25) is 4.90 Å². The zero-order valence-electron chi connectivity index (χ0n) is 13.3.